The third-order valence-electron chi connectivity index (χ3n) is 3.44. The molecule has 1 rings (SSSR count). The fourth-order valence-corrected chi connectivity index (χ4v) is 3.12. The summed E-state index contributed by atoms with van der Waals surface area (Å²) in [5, 5.41) is 9.74. The minimum absolute atomic E-state index is 0.204. The van der Waals surface area contributed by atoms with E-state index in [-0.39, 0.29) is 11.4 Å². The zero-order chi connectivity index (χ0) is 15.3. The molecule has 0 saturated heterocycles. The molecule has 0 aromatic carbocycles. The first-order chi connectivity index (χ1) is 10.2. The molecule has 0 amide bonds. The second-order valence-electron chi connectivity index (χ2n) is 5.44. The fourth-order valence-electron chi connectivity index (χ4n) is 2.25. The van der Waals surface area contributed by atoms with Gasteiger partial charge in [-0.1, -0.05) is 76.5 Å². The maximum atomic E-state index is 11.1. The SMILES string of the molecule is CCCCCCCCCCCCSc1nc(O)cc(=O)[nH]1. The molecule has 0 saturated carbocycles. The maximum Gasteiger partial charge on any atom is 0.255 e. The lowest BCUT2D eigenvalue weighted by atomic mass is 10.1. The molecule has 0 fully saturated rings. The fraction of sp³-hybridized carbons (Fsp3) is 0.750. The Morgan fingerprint density at radius 1 is 1.05 bits per heavy atom. The van der Waals surface area contributed by atoms with Crippen LogP contribution >= 0.6 is 11.8 Å². The molecule has 0 atom stereocenters. The van der Waals surface area contributed by atoms with Crippen LogP contribution in [0.5, 0.6) is 5.88 Å². The minimum Gasteiger partial charge on any atom is -0.493 e. The molecule has 1 aromatic heterocycles. The molecule has 0 unspecified atom stereocenters. The molecule has 1 aromatic rings. The summed E-state index contributed by atoms with van der Waals surface area (Å²) < 4.78 is 0. The van der Waals surface area contributed by atoms with Crippen LogP contribution in [-0.2, 0) is 0 Å². The number of aromatic amines is 1. The van der Waals surface area contributed by atoms with Crippen LogP contribution in [0.25, 0.3) is 0 Å². The number of aromatic nitrogens is 2. The standard InChI is InChI=1S/C16H28N2O2S/c1-2-3-4-5-6-7-8-9-10-11-12-21-16-17-14(19)13-15(20)18-16/h13H,2-12H2,1H3,(H2,17,18,19,20). The first-order valence-electron chi connectivity index (χ1n) is 8.15. The van der Waals surface area contributed by atoms with Crippen LogP contribution in [0.1, 0.15) is 71.1 Å². The average molecular weight is 312 g/mol. The molecule has 4 nitrogen and oxygen atoms in total. The lowest BCUT2D eigenvalue weighted by molar-refractivity contribution is 0.444. The summed E-state index contributed by atoms with van der Waals surface area (Å²) in [7, 11) is 0. The van der Waals surface area contributed by atoms with Gasteiger partial charge in [-0.2, -0.15) is 4.98 Å². The van der Waals surface area contributed by atoms with Crippen molar-refractivity contribution in [3.05, 3.63) is 16.4 Å². The predicted molar refractivity (Wildman–Crippen MR) is 89.1 cm³/mol. The molecule has 0 aliphatic rings. The Bertz CT molecular complexity index is 435. The van der Waals surface area contributed by atoms with Gasteiger partial charge in [-0.25, -0.2) is 0 Å². The van der Waals surface area contributed by atoms with Crippen molar-refractivity contribution in [1.29, 1.82) is 0 Å². The molecule has 0 spiro atoms. The Balaban J connectivity index is 1.94. The van der Waals surface area contributed by atoms with E-state index in [1.165, 1.54) is 69.5 Å². The van der Waals surface area contributed by atoms with Crippen molar-refractivity contribution in [2.24, 2.45) is 0 Å². The Morgan fingerprint density at radius 2 is 1.62 bits per heavy atom. The quantitative estimate of drug-likeness (QED) is 0.339. The summed E-state index contributed by atoms with van der Waals surface area (Å²) in [6.07, 6.45) is 13.2. The number of nitrogens with zero attached hydrogens (tertiary/aromatic N) is 1. The first-order valence-corrected chi connectivity index (χ1v) is 9.14. The van der Waals surface area contributed by atoms with Gasteiger partial charge in [0.05, 0.1) is 6.07 Å². The molecule has 120 valence electrons. The minimum atomic E-state index is -0.298. The summed E-state index contributed by atoms with van der Waals surface area (Å²) in [5.41, 5.74) is -0.298. The number of rotatable bonds is 12. The van der Waals surface area contributed by atoms with Crippen molar-refractivity contribution in [1.82, 2.24) is 9.97 Å². The Morgan fingerprint density at radius 3 is 2.19 bits per heavy atom. The highest BCUT2D eigenvalue weighted by Gasteiger charge is 2.00. The first kappa shape index (κ1) is 18.1. The van der Waals surface area contributed by atoms with Gasteiger partial charge in [-0.15, -0.1) is 0 Å². The Labute approximate surface area is 131 Å². The van der Waals surface area contributed by atoms with Gasteiger partial charge in [0.25, 0.3) is 5.56 Å². The van der Waals surface area contributed by atoms with Gasteiger partial charge in [0.1, 0.15) is 0 Å². The van der Waals surface area contributed by atoms with E-state index >= 15 is 0 Å². The van der Waals surface area contributed by atoms with Crippen LogP contribution in [0, 0.1) is 0 Å². The van der Waals surface area contributed by atoms with E-state index in [9.17, 15) is 9.90 Å². The van der Waals surface area contributed by atoms with Crippen molar-refractivity contribution in [2.75, 3.05) is 5.75 Å². The van der Waals surface area contributed by atoms with Crippen molar-refractivity contribution < 1.29 is 5.11 Å². The highest BCUT2D eigenvalue weighted by atomic mass is 32.2. The third kappa shape index (κ3) is 9.56. The molecule has 5 heteroatoms. The number of unbranched alkanes of at least 4 members (excludes halogenated alkanes) is 9. The van der Waals surface area contributed by atoms with Crippen LogP contribution in [0.4, 0.5) is 0 Å². The average Bonchev–Trinajstić information content (AvgIpc) is 2.44. The predicted octanol–water partition coefficient (Wildman–Crippen LogP) is 4.49. The Hall–Kier alpha value is -0.970. The molecular formula is C16H28N2O2S. The van der Waals surface area contributed by atoms with Gasteiger partial charge < -0.3 is 10.1 Å². The number of H-pyrrole nitrogens is 1. The monoisotopic (exact) mass is 312 g/mol. The van der Waals surface area contributed by atoms with Crippen LogP contribution in [0.3, 0.4) is 0 Å². The van der Waals surface area contributed by atoms with Gasteiger partial charge >= 0.3 is 0 Å². The number of hydrogen-bond donors (Lipinski definition) is 2. The normalized spacial score (nSPS) is 10.9. The van der Waals surface area contributed by atoms with Crippen molar-refractivity contribution in [3.63, 3.8) is 0 Å². The van der Waals surface area contributed by atoms with E-state index in [1.807, 2.05) is 0 Å². The zero-order valence-electron chi connectivity index (χ0n) is 13.1. The summed E-state index contributed by atoms with van der Waals surface area (Å²) >= 11 is 1.50. The highest BCUT2D eigenvalue weighted by Crippen LogP contribution is 2.17. The number of thioether (sulfide) groups is 1. The number of aromatic hydroxyl groups is 1. The largest absolute Gasteiger partial charge is 0.493 e. The lowest BCUT2D eigenvalue weighted by Crippen LogP contribution is -2.06. The highest BCUT2D eigenvalue weighted by molar-refractivity contribution is 7.99. The topological polar surface area (TPSA) is 66.0 Å². The summed E-state index contributed by atoms with van der Waals surface area (Å²) in [6.45, 7) is 2.25. The molecular weight excluding hydrogens is 284 g/mol. The van der Waals surface area contributed by atoms with Crippen LogP contribution in [-0.4, -0.2) is 20.8 Å². The van der Waals surface area contributed by atoms with Gasteiger partial charge in [-0.05, 0) is 6.42 Å². The van der Waals surface area contributed by atoms with Crippen LogP contribution in [0.2, 0.25) is 0 Å². The molecule has 1 heterocycles. The van der Waals surface area contributed by atoms with E-state index in [0.29, 0.717) is 5.16 Å². The van der Waals surface area contributed by atoms with E-state index in [2.05, 4.69) is 16.9 Å². The van der Waals surface area contributed by atoms with Crippen molar-refractivity contribution in [3.8, 4) is 5.88 Å². The smallest absolute Gasteiger partial charge is 0.255 e. The number of nitrogens with one attached hydrogen (secondary N) is 1. The molecule has 0 bridgehead atoms. The van der Waals surface area contributed by atoms with Gasteiger partial charge in [0.15, 0.2) is 5.16 Å². The van der Waals surface area contributed by atoms with E-state index in [1.54, 1.807) is 0 Å². The van der Waals surface area contributed by atoms with Crippen molar-refractivity contribution >= 4 is 11.8 Å². The third-order valence-corrected chi connectivity index (χ3v) is 4.40. The van der Waals surface area contributed by atoms with E-state index < -0.39 is 0 Å². The lowest BCUT2D eigenvalue weighted by Gasteiger charge is -2.03. The molecule has 0 aliphatic carbocycles. The van der Waals surface area contributed by atoms with Gasteiger partial charge in [0, 0.05) is 5.75 Å². The summed E-state index contributed by atoms with van der Waals surface area (Å²) in [4.78, 5) is 17.6. The van der Waals surface area contributed by atoms with Gasteiger partial charge in [-0.3, -0.25) is 4.79 Å². The van der Waals surface area contributed by atoms with Crippen LogP contribution < -0.4 is 5.56 Å². The number of hydrogen-bond acceptors (Lipinski definition) is 4. The summed E-state index contributed by atoms with van der Waals surface area (Å²) in [6, 6.07) is 1.09. The van der Waals surface area contributed by atoms with Crippen molar-refractivity contribution in [2.45, 2.75) is 76.3 Å². The molecule has 0 aliphatic heterocycles. The maximum absolute atomic E-state index is 11.1. The molecule has 0 radical (unpaired) electrons. The van der Waals surface area contributed by atoms with Gasteiger partial charge in [0.2, 0.25) is 5.88 Å². The zero-order valence-corrected chi connectivity index (χ0v) is 13.9. The van der Waals surface area contributed by atoms with E-state index in [4.69, 9.17) is 0 Å². The van der Waals surface area contributed by atoms with E-state index in [0.717, 1.165) is 18.2 Å². The Kier molecular flexibility index (Phi) is 10.0. The summed E-state index contributed by atoms with van der Waals surface area (Å²) in [5.74, 6) is 0.729. The molecule has 21 heavy (non-hydrogen) atoms. The second kappa shape index (κ2) is 11.7. The second-order valence-corrected chi connectivity index (χ2v) is 6.52. The van der Waals surface area contributed by atoms with Crippen LogP contribution in [0.15, 0.2) is 16.0 Å². The molecule has 2 N–H and O–H groups in total.